The van der Waals surface area contributed by atoms with E-state index in [-0.39, 0.29) is 0 Å². The molecule has 0 heterocycles. The smallest absolute Gasteiger partial charge is 0.0366 e. The lowest BCUT2D eigenvalue weighted by atomic mass is 10.2. The molecular weight excluding hydrogens is 172 g/mol. The Balaban J connectivity index is 2.58. The van der Waals surface area contributed by atoms with Crippen LogP contribution in [0.3, 0.4) is 0 Å². The van der Waals surface area contributed by atoms with Gasteiger partial charge in [-0.2, -0.15) is 0 Å². The number of anilines is 1. The number of para-hydroxylation sites is 1. The molecule has 1 aromatic rings. The number of benzene rings is 1. The monoisotopic (exact) mass is 192 g/mol. The molecule has 1 aromatic carbocycles. The molecule has 0 aliphatic rings. The molecule has 0 unspecified atom stereocenters. The van der Waals surface area contributed by atoms with Crippen molar-refractivity contribution in [1.29, 1.82) is 0 Å². The first-order valence-electron chi connectivity index (χ1n) is 5.33. The van der Waals surface area contributed by atoms with Crippen LogP contribution in [0.4, 0.5) is 5.69 Å². The van der Waals surface area contributed by atoms with Crippen LogP contribution in [0.2, 0.25) is 0 Å². The van der Waals surface area contributed by atoms with E-state index in [2.05, 4.69) is 47.5 Å². The van der Waals surface area contributed by atoms with E-state index in [1.54, 1.807) is 0 Å². The van der Waals surface area contributed by atoms with E-state index in [0.29, 0.717) is 0 Å². The van der Waals surface area contributed by atoms with Gasteiger partial charge >= 0.3 is 0 Å². The lowest BCUT2D eigenvalue weighted by molar-refractivity contribution is 0.710. The Morgan fingerprint density at radius 1 is 1.14 bits per heavy atom. The van der Waals surface area contributed by atoms with E-state index in [0.717, 1.165) is 19.6 Å². The third kappa shape index (κ3) is 3.38. The largest absolute Gasteiger partial charge is 0.370 e. The fraction of sp³-hybridized carbons (Fsp3) is 0.500. The minimum absolute atomic E-state index is 1.04. The van der Waals surface area contributed by atoms with Crippen LogP contribution >= 0.6 is 0 Å². The van der Waals surface area contributed by atoms with Gasteiger partial charge in [-0.25, -0.2) is 0 Å². The fourth-order valence-corrected chi connectivity index (χ4v) is 1.53. The average molecular weight is 192 g/mol. The minimum Gasteiger partial charge on any atom is -0.370 e. The predicted octanol–water partition coefficient (Wildman–Crippen LogP) is 2.12. The van der Waals surface area contributed by atoms with Crippen LogP contribution in [-0.2, 0) is 0 Å². The Hall–Kier alpha value is -1.02. The van der Waals surface area contributed by atoms with Crippen molar-refractivity contribution >= 4 is 5.69 Å². The molecule has 1 rings (SSSR count). The standard InChI is InChI=1S/C12H20N2/c1-3-10-14(11-9-13-2)12-7-5-4-6-8-12/h4-8,13H,3,9-11H2,1-2H3. The molecule has 0 saturated carbocycles. The number of rotatable bonds is 6. The van der Waals surface area contributed by atoms with Gasteiger partial charge in [0.1, 0.15) is 0 Å². The Kier molecular flexibility index (Phi) is 5.08. The summed E-state index contributed by atoms with van der Waals surface area (Å²) in [6.45, 7) is 5.46. The van der Waals surface area contributed by atoms with Crippen LogP contribution in [0.25, 0.3) is 0 Å². The Labute approximate surface area is 86.9 Å². The molecule has 2 heteroatoms. The fourth-order valence-electron chi connectivity index (χ4n) is 1.53. The minimum atomic E-state index is 1.04. The lowest BCUT2D eigenvalue weighted by Crippen LogP contribution is -2.31. The molecule has 0 aliphatic heterocycles. The summed E-state index contributed by atoms with van der Waals surface area (Å²) in [5.41, 5.74) is 1.32. The van der Waals surface area contributed by atoms with E-state index in [1.807, 2.05) is 7.05 Å². The second kappa shape index (κ2) is 6.44. The maximum Gasteiger partial charge on any atom is 0.0366 e. The highest BCUT2D eigenvalue weighted by atomic mass is 15.1. The number of hydrogen-bond acceptors (Lipinski definition) is 2. The van der Waals surface area contributed by atoms with E-state index < -0.39 is 0 Å². The highest BCUT2D eigenvalue weighted by Crippen LogP contribution is 2.12. The number of nitrogens with zero attached hydrogens (tertiary/aromatic N) is 1. The second-order valence-electron chi connectivity index (χ2n) is 3.43. The maximum absolute atomic E-state index is 3.18. The summed E-state index contributed by atoms with van der Waals surface area (Å²) in [6, 6.07) is 10.6. The maximum atomic E-state index is 3.18. The number of hydrogen-bond donors (Lipinski definition) is 1. The van der Waals surface area contributed by atoms with Crippen molar-refractivity contribution in [1.82, 2.24) is 5.32 Å². The van der Waals surface area contributed by atoms with Crippen LogP contribution in [-0.4, -0.2) is 26.7 Å². The summed E-state index contributed by atoms with van der Waals surface area (Å²) < 4.78 is 0. The zero-order chi connectivity index (χ0) is 10.2. The lowest BCUT2D eigenvalue weighted by Gasteiger charge is -2.24. The average Bonchev–Trinajstić information content (AvgIpc) is 2.25. The molecule has 0 aliphatic carbocycles. The van der Waals surface area contributed by atoms with E-state index in [9.17, 15) is 0 Å². The summed E-state index contributed by atoms with van der Waals surface area (Å²) in [7, 11) is 2.00. The Bertz CT molecular complexity index is 233. The predicted molar refractivity (Wildman–Crippen MR) is 62.9 cm³/mol. The molecule has 0 spiro atoms. The van der Waals surface area contributed by atoms with Crippen molar-refractivity contribution in [3.05, 3.63) is 30.3 Å². The first-order chi connectivity index (χ1) is 6.88. The summed E-state index contributed by atoms with van der Waals surface area (Å²) in [4.78, 5) is 2.41. The quantitative estimate of drug-likeness (QED) is 0.742. The highest BCUT2D eigenvalue weighted by Gasteiger charge is 2.02. The third-order valence-corrected chi connectivity index (χ3v) is 2.25. The van der Waals surface area contributed by atoms with Crippen molar-refractivity contribution in [3.63, 3.8) is 0 Å². The third-order valence-electron chi connectivity index (χ3n) is 2.25. The van der Waals surface area contributed by atoms with Gasteiger partial charge in [-0.3, -0.25) is 0 Å². The van der Waals surface area contributed by atoms with Crippen molar-refractivity contribution in [3.8, 4) is 0 Å². The van der Waals surface area contributed by atoms with Crippen LogP contribution in [0.1, 0.15) is 13.3 Å². The molecule has 78 valence electrons. The summed E-state index contributed by atoms with van der Waals surface area (Å²) in [6.07, 6.45) is 1.19. The first kappa shape index (κ1) is 11.1. The molecule has 2 nitrogen and oxygen atoms in total. The van der Waals surface area contributed by atoms with Gasteiger partial charge in [-0.15, -0.1) is 0 Å². The van der Waals surface area contributed by atoms with Crippen molar-refractivity contribution in [2.75, 3.05) is 31.6 Å². The molecule has 0 atom stereocenters. The van der Waals surface area contributed by atoms with E-state index >= 15 is 0 Å². The Morgan fingerprint density at radius 2 is 1.86 bits per heavy atom. The molecule has 0 fully saturated rings. The summed E-state index contributed by atoms with van der Waals surface area (Å²) in [5.74, 6) is 0. The zero-order valence-corrected chi connectivity index (χ0v) is 9.16. The van der Waals surface area contributed by atoms with Crippen LogP contribution in [0.5, 0.6) is 0 Å². The molecule has 0 amide bonds. The van der Waals surface area contributed by atoms with Gasteiger partial charge in [0.25, 0.3) is 0 Å². The van der Waals surface area contributed by atoms with Crippen molar-refractivity contribution in [2.24, 2.45) is 0 Å². The molecule has 0 radical (unpaired) electrons. The van der Waals surface area contributed by atoms with Crippen LogP contribution in [0.15, 0.2) is 30.3 Å². The molecule has 0 saturated heterocycles. The highest BCUT2D eigenvalue weighted by molar-refractivity contribution is 5.45. The van der Waals surface area contributed by atoms with Gasteiger partial charge in [-0.1, -0.05) is 25.1 Å². The van der Waals surface area contributed by atoms with E-state index in [1.165, 1.54) is 12.1 Å². The van der Waals surface area contributed by atoms with Crippen LogP contribution in [0, 0.1) is 0 Å². The molecule has 0 aromatic heterocycles. The number of likely N-dealkylation sites (N-methyl/N-ethyl adjacent to an activating group) is 1. The normalized spacial score (nSPS) is 10.1. The summed E-state index contributed by atoms with van der Waals surface area (Å²) >= 11 is 0. The number of nitrogens with one attached hydrogen (secondary N) is 1. The Morgan fingerprint density at radius 3 is 2.43 bits per heavy atom. The summed E-state index contributed by atoms with van der Waals surface area (Å²) in [5, 5.41) is 3.18. The second-order valence-corrected chi connectivity index (χ2v) is 3.43. The SMILES string of the molecule is CCCN(CCNC)c1ccccc1. The molecule has 14 heavy (non-hydrogen) atoms. The van der Waals surface area contributed by atoms with Gasteiger partial charge in [0.2, 0.25) is 0 Å². The molecule has 0 bridgehead atoms. The first-order valence-corrected chi connectivity index (χ1v) is 5.33. The van der Waals surface area contributed by atoms with Crippen molar-refractivity contribution in [2.45, 2.75) is 13.3 Å². The van der Waals surface area contributed by atoms with Gasteiger partial charge in [-0.05, 0) is 25.6 Å². The molecular formula is C12H20N2. The van der Waals surface area contributed by atoms with Gasteiger partial charge in [0.15, 0.2) is 0 Å². The van der Waals surface area contributed by atoms with Crippen LogP contribution < -0.4 is 10.2 Å². The van der Waals surface area contributed by atoms with E-state index in [4.69, 9.17) is 0 Å². The molecule has 1 N–H and O–H groups in total. The zero-order valence-electron chi connectivity index (χ0n) is 9.16. The topological polar surface area (TPSA) is 15.3 Å². The van der Waals surface area contributed by atoms with Gasteiger partial charge in [0.05, 0.1) is 0 Å². The van der Waals surface area contributed by atoms with Gasteiger partial charge in [0, 0.05) is 25.3 Å². The van der Waals surface area contributed by atoms with Crippen molar-refractivity contribution < 1.29 is 0 Å². The van der Waals surface area contributed by atoms with Gasteiger partial charge < -0.3 is 10.2 Å².